The Labute approximate surface area is 185 Å². The van der Waals surface area contributed by atoms with Crippen molar-refractivity contribution in [2.45, 2.75) is 12.4 Å². The van der Waals surface area contributed by atoms with E-state index in [1.165, 1.54) is 0 Å². The van der Waals surface area contributed by atoms with Gasteiger partial charge in [0.05, 0.1) is 11.8 Å². The standard InChI is InChI=1S/C20H11F7N4O3/c21-16-11(19(22,23)24)2-3-13(34-10-1-4-14(30-8-10)20(25,26)27)15(16)18(33)31-9-5-6-29-12(7-9)17(28)32/h1-8H,(H2,28,32)(H,29,31,33). The molecule has 1 aromatic carbocycles. The first kappa shape index (κ1) is 24.4. The number of ether oxygens (including phenoxy) is 1. The Morgan fingerprint density at radius 2 is 1.65 bits per heavy atom. The number of halogens is 7. The number of hydrogen-bond donors (Lipinski definition) is 2. The number of primary amides is 1. The molecule has 3 rings (SSSR count). The minimum atomic E-state index is -5.18. The minimum absolute atomic E-state index is 0.159. The zero-order chi connectivity index (χ0) is 25.3. The Bertz CT molecular complexity index is 1240. The van der Waals surface area contributed by atoms with Crippen LogP contribution < -0.4 is 15.8 Å². The van der Waals surface area contributed by atoms with Crippen LogP contribution in [0, 0.1) is 5.82 Å². The summed E-state index contributed by atoms with van der Waals surface area (Å²) < 4.78 is 97.5. The van der Waals surface area contributed by atoms with Crippen molar-refractivity contribution in [3.8, 4) is 11.5 Å². The second-order valence-corrected chi connectivity index (χ2v) is 6.53. The van der Waals surface area contributed by atoms with E-state index in [-0.39, 0.29) is 11.4 Å². The van der Waals surface area contributed by atoms with Crippen LogP contribution in [0.25, 0.3) is 0 Å². The van der Waals surface area contributed by atoms with Gasteiger partial charge in [0.25, 0.3) is 11.8 Å². The predicted molar refractivity (Wildman–Crippen MR) is 101 cm³/mol. The summed E-state index contributed by atoms with van der Waals surface area (Å²) in [5, 5.41) is 2.09. The maximum absolute atomic E-state index is 14.8. The summed E-state index contributed by atoms with van der Waals surface area (Å²) in [5.41, 5.74) is 0.343. The largest absolute Gasteiger partial charge is 0.455 e. The van der Waals surface area contributed by atoms with Crippen molar-refractivity contribution in [2.24, 2.45) is 5.73 Å². The average molecular weight is 488 g/mol. The molecule has 0 saturated heterocycles. The molecule has 0 atom stereocenters. The highest BCUT2D eigenvalue weighted by Crippen LogP contribution is 2.37. The number of nitrogens with two attached hydrogens (primary N) is 1. The highest BCUT2D eigenvalue weighted by atomic mass is 19.4. The van der Waals surface area contributed by atoms with Crippen LogP contribution in [-0.2, 0) is 12.4 Å². The smallest absolute Gasteiger partial charge is 0.433 e. The maximum Gasteiger partial charge on any atom is 0.433 e. The van der Waals surface area contributed by atoms with Crippen LogP contribution in [0.3, 0.4) is 0 Å². The number of hydrogen-bond acceptors (Lipinski definition) is 5. The van der Waals surface area contributed by atoms with Gasteiger partial charge in [-0.1, -0.05) is 0 Å². The Kier molecular flexibility index (Phi) is 6.43. The Morgan fingerprint density at radius 1 is 0.941 bits per heavy atom. The molecule has 0 fully saturated rings. The summed E-state index contributed by atoms with van der Waals surface area (Å²) in [4.78, 5) is 30.7. The third-order valence-electron chi connectivity index (χ3n) is 4.16. The second-order valence-electron chi connectivity index (χ2n) is 6.53. The molecular weight excluding hydrogens is 477 g/mol. The summed E-state index contributed by atoms with van der Waals surface area (Å²) >= 11 is 0. The summed E-state index contributed by atoms with van der Waals surface area (Å²) in [7, 11) is 0. The lowest BCUT2D eigenvalue weighted by Crippen LogP contribution is -2.19. The van der Waals surface area contributed by atoms with Crippen LogP contribution in [-0.4, -0.2) is 21.8 Å². The first-order valence-corrected chi connectivity index (χ1v) is 8.95. The summed E-state index contributed by atoms with van der Waals surface area (Å²) in [5.74, 6) is -5.54. The number of nitrogens with zero attached hydrogens (tertiary/aromatic N) is 2. The molecule has 0 unspecified atom stereocenters. The summed E-state index contributed by atoms with van der Waals surface area (Å²) in [6, 6.07) is 4.38. The van der Waals surface area contributed by atoms with Gasteiger partial charge in [0, 0.05) is 11.9 Å². The molecule has 7 nitrogen and oxygen atoms in total. The third-order valence-corrected chi connectivity index (χ3v) is 4.16. The molecule has 0 spiro atoms. The molecule has 14 heteroatoms. The van der Waals surface area contributed by atoms with Crippen LogP contribution in [0.1, 0.15) is 32.1 Å². The maximum atomic E-state index is 14.8. The fourth-order valence-electron chi connectivity index (χ4n) is 2.65. The van der Waals surface area contributed by atoms with Crippen LogP contribution in [0.2, 0.25) is 0 Å². The minimum Gasteiger partial charge on any atom is -0.455 e. The fraction of sp³-hybridized carbons (Fsp3) is 0.100. The number of carbonyl (C=O) groups is 2. The van der Waals surface area contributed by atoms with E-state index in [0.29, 0.717) is 24.4 Å². The Balaban J connectivity index is 2.02. The molecule has 3 N–H and O–H groups in total. The number of anilines is 1. The molecule has 0 bridgehead atoms. The van der Waals surface area contributed by atoms with Gasteiger partial charge in [-0.05, 0) is 36.4 Å². The van der Waals surface area contributed by atoms with Crippen molar-refractivity contribution in [1.29, 1.82) is 0 Å². The molecule has 2 aromatic heterocycles. The first-order chi connectivity index (χ1) is 15.8. The molecule has 3 aromatic rings. The number of pyridine rings is 2. The molecule has 34 heavy (non-hydrogen) atoms. The number of rotatable bonds is 5. The molecule has 0 aliphatic rings. The number of aromatic nitrogens is 2. The van der Waals surface area contributed by atoms with E-state index < -0.39 is 58.3 Å². The zero-order valence-electron chi connectivity index (χ0n) is 16.5. The lowest BCUT2D eigenvalue weighted by atomic mass is 10.1. The van der Waals surface area contributed by atoms with Crippen LogP contribution in [0.15, 0.2) is 48.8 Å². The molecule has 0 radical (unpaired) electrons. The van der Waals surface area contributed by atoms with E-state index in [9.17, 15) is 40.3 Å². The molecule has 178 valence electrons. The van der Waals surface area contributed by atoms with E-state index >= 15 is 0 Å². The Morgan fingerprint density at radius 3 is 2.21 bits per heavy atom. The SMILES string of the molecule is NC(=O)c1cc(NC(=O)c2c(Oc3ccc(C(F)(F)F)nc3)ccc(C(F)(F)F)c2F)ccn1. The van der Waals surface area contributed by atoms with Crippen molar-refractivity contribution >= 4 is 17.5 Å². The van der Waals surface area contributed by atoms with Crippen molar-refractivity contribution in [3.05, 3.63) is 77.1 Å². The van der Waals surface area contributed by atoms with Gasteiger partial charge in [0.2, 0.25) is 0 Å². The van der Waals surface area contributed by atoms with Gasteiger partial charge < -0.3 is 15.8 Å². The van der Waals surface area contributed by atoms with Crippen molar-refractivity contribution < 1.29 is 45.1 Å². The van der Waals surface area contributed by atoms with Crippen molar-refractivity contribution in [1.82, 2.24) is 9.97 Å². The zero-order valence-corrected chi connectivity index (χ0v) is 16.5. The fourth-order valence-corrected chi connectivity index (χ4v) is 2.65. The van der Waals surface area contributed by atoms with Crippen LogP contribution in [0.5, 0.6) is 11.5 Å². The Hall–Kier alpha value is -4.23. The first-order valence-electron chi connectivity index (χ1n) is 8.95. The van der Waals surface area contributed by atoms with Gasteiger partial charge in [0.1, 0.15) is 28.5 Å². The van der Waals surface area contributed by atoms with E-state index in [0.717, 1.165) is 24.4 Å². The average Bonchev–Trinajstić information content (AvgIpc) is 2.72. The van der Waals surface area contributed by atoms with Gasteiger partial charge in [-0.15, -0.1) is 0 Å². The van der Waals surface area contributed by atoms with E-state index in [2.05, 4.69) is 15.3 Å². The number of amides is 2. The highest BCUT2D eigenvalue weighted by Gasteiger charge is 2.37. The van der Waals surface area contributed by atoms with Gasteiger partial charge in [-0.3, -0.25) is 14.6 Å². The normalized spacial score (nSPS) is 11.7. The molecule has 0 saturated carbocycles. The van der Waals surface area contributed by atoms with E-state index in [1.807, 2.05) is 0 Å². The summed E-state index contributed by atoms with van der Waals surface area (Å²) in [6.07, 6.45) is -8.28. The van der Waals surface area contributed by atoms with Crippen LogP contribution >= 0.6 is 0 Å². The molecule has 0 aliphatic heterocycles. The predicted octanol–water partition coefficient (Wildman–Crippen LogP) is 4.80. The monoisotopic (exact) mass is 488 g/mol. The lowest BCUT2D eigenvalue weighted by Gasteiger charge is -2.16. The van der Waals surface area contributed by atoms with Crippen molar-refractivity contribution in [2.75, 3.05) is 5.32 Å². The molecular formula is C20H11F7N4O3. The number of benzene rings is 1. The quantitative estimate of drug-likeness (QED) is 0.502. The van der Waals surface area contributed by atoms with E-state index in [4.69, 9.17) is 10.5 Å². The van der Waals surface area contributed by atoms with Gasteiger partial charge in [-0.25, -0.2) is 9.37 Å². The number of alkyl halides is 6. The highest BCUT2D eigenvalue weighted by molar-refractivity contribution is 6.07. The topological polar surface area (TPSA) is 107 Å². The van der Waals surface area contributed by atoms with Crippen LogP contribution in [0.4, 0.5) is 36.4 Å². The summed E-state index contributed by atoms with van der Waals surface area (Å²) in [6.45, 7) is 0. The molecule has 2 amide bonds. The lowest BCUT2D eigenvalue weighted by molar-refractivity contribution is -0.141. The third kappa shape index (κ3) is 5.39. The molecule has 2 heterocycles. The van der Waals surface area contributed by atoms with Gasteiger partial charge in [0.15, 0.2) is 5.82 Å². The second kappa shape index (κ2) is 8.96. The van der Waals surface area contributed by atoms with E-state index in [1.54, 1.807) is 0 Å². The molecule has 0 aliphatic carbocycles. The van der Waals surface area contributed by atoms with Gasteiger partial charge >= 0.3 is 12.4 Å². The van der Waals surface area contributed by atoms with Crippen molar-refractivity contribution in [3.63, 3.8) is 0 Å². The number of nitrogens with one attached hydrogen (secondary N) is 1. The number of carbonyl (C=O) groups excluding carboxylic acids is 2. The van der Waals surface area contributed by atoms with Gasteiger partial charge in [-0.2, -0.15) is 26.3 Å².